The molecule has 0 unspecified atom stereocenters. The van der Waals surface area contributed by atoms with Gasteiger partial charge in [-0.3, -0.25) is 4.79 Å². The standard InChI is InChI=1S/C5H4ClF2NO4/c6-1-2(10)3(4(11)12)9-13-5(7)8/h5H,1H2,(H,11,12)/b9-3+. The molecule has 0 aromatic carbocycles. The van der Waals surface area contributed by atoms with Crippen molar-refractivity contribution in [2.24, 2.45) is 5.16 Å². The fourth-order valence-electron chi connectivity index (χ4n) is 0.365. The molecule has 0 aromatic heterocycles. The molecule has 0 aliphatic carbocycles. The van der Waals surface area contributed by atoms with Gasteiger partial charge in [-0.25, -0.2) is 4.79 Å². The van der Waals surface area contributed by atoms with E-state index in [-0.39, 0.29) is 0 Å². The minimum absolute atomic E-state index is 0.669. The maximum Gasteiger partial charge on any atom is 0.407 e. The van der Waals surface area contributed by atoms with Gasteiger partial charge in [-0.2, -0.15) is 8.78 Å². The Labute approximate surface area is 75.9 Å². The molecule has 0 spiro atoms. The number of halogens is 3. The Morgan fingerprint density at radius 3 is 2.38 bits per heavy atom. The zero-order valence-electron chi connectivity index (χ0n) is 6.04. The highest BCUT2D eigenvalue weighted by molar-refractivity contribution is 6.67. The van der Waals surface area contributed by atoms with E-state index in [0.29, 0.717) is 0 Å². The number of carboxylic acid groups (broad SMARTS) is 1. The van der Waals surface area contributed by atoms with Crippen LogP contribution in [0, 0.1) is 0 Å². The van der Waals surface area contributed by atoms with Crippen molar-refractivity contribution in [1.82, 2.24) is 0 Å². The Bertz CT molecular complexity index is 243. The van der Waals surface area contributed by atoms with E-state index in [9.17, 15) is 18.4 Å². The number of nitrogens with zero attached hydrogens (tertiary/aromatic N) is 1. The molecular weight excluding hydrogens is 212 g/mol. The number of carboxylic acids is 1. The smallest absolute Gasteiger partial charge is 0.407 e. The van der Waals surface area contributed by atoms with Crippen LogP contribution in [-0.2, 0) is 14.4 Å². The van der Waals surface area contributed by atoms with Crippen molar-refractivity contribution in [2.45, 2.75) is 6.61 Å². The molecule has 0 saturated heterocycles. The molecule has 0 saturated carbocycles. The van der Waals surface area contributed by atoms with Gasteiger partial charge in [-0.1, -0.05) is 5.16 Å². The average Bonchev–Trinajstić information content (AvgIpc) is 2.03. The number of oxime groups is 1. The van der Waals surface area contributed by atoms with Crippen molar-refractivity contribution in [2.75, 3.05) is 5.88 Å². The summed E-state index contributed by atoms with van der Waals surface area (Å²) in [6.07, 6.45) is 0. The van der Waals surface area contributed by atoms with E-state index in [1.807, 2.05) is 0 Å². The first kappa shape index (κ1) is 11.8. The van der Waals surface area contributed by atoms with Crippen molar-refractivity contribution in [3.63, 3.8) is 0 Å². The number of hydrogen-bond acceptors (Lipinski definition) is 4. The highest BCUT2D eigenvalue weighted by Crippen LogP contribution is 1.97. The molecule has 0 aliphatic heterocycles. The van der Waals surface area contributed by atoms with E-state index in [0.717, 1.165) is 0 Å². The predicted octanol–water partition coefficient (Wildman–Crippen LogP) is 0.474. The van der Waals surface area contributed by atoms with Crippen molar-refractivity contribution in [3.8, 4) is 0 Å². The summed E-state index contributed by atoms with van der Waals surface area (Å²) in [5, 5.41) is 10.7. The lowest BCUT2D eigenvalue weighted by Crippen LogP contribution is -2.25. The van der Waals surface area contributed by atoms with Gasteiger partial charge < -0.3 is 9.94 Å². The quantitative estimate of drug-likeness (QED) is 0.313. The third kappa shape index (κ3) is 4.36. The summed E-state index contributed by atoms with van der Waals surface area (Å²) in [6.45, 7) is -3.28. The van der Waals surface area contributed by atoms with Crippen molar-refractivity contribution >= 4 is 29.1 Å². The first-order chi connectivity index (χ1) is 5.99. The topological polar surface area (TPSA) is 76.0 Å². The molecule has 0 heterocycles. The molecule has 0 bridgehead atoms. The molecule has 0 aliphatic rings. The van der Waals surface area contributed by atoms with Crippen LogP contribution in [0.15, 0.2) is 5.16 Å². The third-order valence-electron chi connectivity index (χ3n) is 0.812. The van der Waals surface area contributed by atoms with Gasteiger partial charge >= 0.3 is 12.6 Å². The fourth-order valence-corrected chi connectivity index (χ4v) is 0.492. The molecule has 0 aromatic rings. The number of rotatable bonds is 5. The summed E-state index contributed by atoms with van der Waals surface area (Å²) < 4.78 is 22.7. The number of hydrogen-bond donors (Lipinski definition) is 1. The van der Waals surface area contributed by atoms with Crippen LogP contribution in [0.2, 0.25) is 0 Å². The lowest BCUT2D eigenvalue weighted by Gasteiger charge is -1.97. The monoisotopic (exact) mass is 215 g/mol. The van der Waals surface area contributed by atoms with Crippen LogP contribution in [0.5, 0.6) is 0 Å². The maximum absolute atomic E-state index is 11.4. The van der Waals surface area contributed by atoms with Crippen LogP contribution < -0.4 is 0 Å². The Balaban J connectivity index is 4.51. The molecule has 8 heteroatoms. The molecule has 0 amide bonds. The van der Waals surface area contributed by atoms with Crippen LogP contribution >= 0.6 is 11.6 Å². The van der Waals surface area contributed by atoms with Crippen LogP contribution in [0.4, 0.5) is 8.78 Å². The lowest BCUT2D eigenvalue weighted by atomic mass is 10.3. The molecule has 13 heavy (non-hydrogen) atoms. The van der Waals surface area contributed by atoms with Crippen molar-refractivity contribution in [1.29, 1.82) is 0 Å². The second kappa shape index (κ2) is 5.41. The van der Waals surface area contributed by atoms with Crippen molar-refractivity contribution < 1.29 is 28.3 Å². The number of carbonyl (C=O) groups excluding carboxylic acids is 1. The summed E-state index contributed by atoms with van der Waals surface area (Å²) in [7, 11) is 0. The number of aliphatic carboxylic acids is 1. The zero-order valence-corrected chi connectivity index (χ0v) is 6.79. The maximum atomic E-state index is 11.4. The van der Waals surface area contributed by atoms with Gasteiger partial charge in [0.15, 0.2) is 0 Å². The molecule has 0 fully saturated rings. The van der Waals surface area contributed by atoms with Gasteiger partial charge in [-0.05, 0) is 0 Å². The van der Waals surface area contributed by atoms with Gasteiger partial charge in [0.1, 0.15) is 0 Å². The van der Waals surface area contributed by atoms with E-state index in [1.54, 1.807) is 0 Å². The highest BCUT2D eigenvalue weighted by Gasteiger charge is 2.20. The second-order valence-electron chi connectivity index (χ2n) is 1.67. The normalized spacial score (nSPS) is 11.5. The van der Waals surface area contributed by atoms with Gasteiger partial charge in [0, 0.05) is 0 Å². The predicted molar refractivity (Wildman–Crippen MR) is 37.9 cm³/mol. The molecule has 0 rings (SSSR count). The van der Waals surface area contributed by atoms with Crippen LogP contribution in [0.25, 0.3) is 0 Å². The SMILES string of the molecule is O=C(O)/C(=N/OC(F)F)C(=O)CCl. The summed E-state index contributed by atoms with van der Waals surface area (Å²) in [5.41, 5.74) is -1.16. The fraction of sp³-hybridized carbons (Fsp3) is 0.400. The second-order valence-corrected chi connectivity index (χ2v) is 1.94. The van der Waals surface area contributed by atoms with E-state index >= 15 is 0 Å². The van der Waals surface area contributed by atoms with Crippen molar-refractivity contribution in [3.05, 3.63) is 0 Å². The molecule has 5 nitrogen and oxygen atoms in total. The number of ketones is 1. The van der Waals surface area contributed by atoms with E-state index in [1.165, 1.54) is 0 Å². The zero-order chi connectivity index (χ0) is 10.4. The Hall–Kier alpha value is -1.24. The summed E-state index contributed by atoms with van der Waals surface area (Å²) >= 11 is 4.97. The minimum Gasteiger partial charge on any atom is -0.476 e. The largest absolute Gasteiger partial charge is 0.476 e. The Morgan fingerprint density at radius 2 is 2.08 bits per heavy atom. The highest BCUT2D eigenvalue weighted by atomic mass is 35.5. The van der Waals surface area contributed by atoms with Gasteiger partial charge in [0.2, 0.25) is 11.5 Å². The summed E-state index contributed by atoms with van der Waals surface area (Å²) in [4.78, 5) is 24.1. The molecule has 0 atom stereocenters. The first-order valence-electron chi connectivity index (χ1n) is 2.83. The van der Waals surface area contributed by atoms with Gasteiger partial charge in [0.05, 0.1) is 5.88 Å². The molecule has 74 valence electrons. The van der Waals surface area contributed by atoms with E-state index < -0.39 is 30.0 Å². The van der Waals surface area contributed by atoms with Crippen LogP contribution in [0.1, 0.15) is 0 Å². The average molecular weight is 216 g/mol. The number of alkyl halides is 3. The lowest BCUT2D eigenvalue weighted by molar-refractivity contribution is -0.135. The number of Topliss-reactive ketones (excluding diaryl/α,β-unsaturated/α-hetero) is 1. The van der Waals surface area contributed by atoms with Crippen LogP contribution in [0.3, 0.4) is 0 Å². The third-order valence-corrected chi connectivity index (χ3v) is 1.05. The molecular formula is C5H4ClF2NO4. The summed E-state index contributed by atoms with van der Waals surface area (Å²) in [6, 6.07) is 0. The first-order valence-corrected chi connectivity index (χ1v) is 3.37. The summed E-state index contributed by atoms with van der Waals surface area (Å²) in [5.74, 6) is -3.54. The molecule has 0 radical (unpaired) electrons. The van der Waals surface area contributed by atoms with Gasteiger partial charge in [0.25, 0.3) is 0 Å². The van der Waals surface area contributed by atoms with Crippen LogP contribution in [-0.4, -0.2) is 35.1 Å². The van der Waals surface area contributed by atoms with E-state index in [2.05, 4.69) is 9.99 Å². The number of carbonyl (C=O) groups is 2. The minimum atomic E-state index is -3.28. The Kier molecular flexibility index (Phi) is 4.90. The van der Waals surface area contributed by atoms with Gasteiger partial charge in [-0.15, -0.1) is 11.6 Å². The van der Waals surface area contributed by atoms with E-state index in [4.69, 9.17) is 16.7 Å². The Morgan fingerprint density at radius 1 is 1.54 bits per heavy atom. The molecule has 1 N–H and O–H groups in total.